The molecule has 1 amide bonds. The van der Waals surface area contributed by atoms with Gasteiger partial charge in [-0.05, 0) is 54.6 Å². The Morgan fingerprint density at radius 2 is 1.82 bits per heavy atom. The van der Waals surface area contributed by atoms with Gasteiger partial charge in [0.1, 0.15) is 5.75 Å². The van der Waals surface area contributed by atoms with Gasteiger partial charge in [-0.25, -0.2) is 5.43 Å². The lowest BCUT2D eigenvalue weighted by Gasteiger charge is -2.10. The van der Waals surface area contributed by atoms with Crippen LogP contribution in [0.25, 0.3) is 17.1 Å². The van der Waals surface area contributed by atoms with E-state index >= 15 is 0 Å². The highest BCUT2D eigenvalue weighted by atomic mass is 79.9. The van der Waals surface area contributed by atoms with Gasteiger partial charge in [0.2, 0.25) is 0 Å². The third-order valence-electron chi connectivity index (χ3n) is 4.57. The molecule has 172 valence electrons. The fraction of sp³-hybridized carbons (Fsp3) is 0.0870. The maximum absolute atomic E-state index is 12.4. The number of rotatable bonds is 8. The SMILES string of the molecule is COc1ccc(Br)cc1C=NNC(=O)CSc1nnc(-c2ccncc2)n1-c1ccc(Br)cc1. The predicted octanol–water partition coefficient (Wildman–Crippen LogP) is 5.11. The average molecular weight is 602 g/mol. The molecule has 0 spiro atoms. The van der Waals surface area contributed by atoms with Crippen LogP contribution in [0, 0.1) is 0 Å². The standard InChI is InChI=1S/C23H18Br2N6O2S/c1-33-20-7-4-18(25)12-16(20)13-27-28-21(32)14-34-23-30-29-22(15-8-10-26-11-9-15)31(23)19-5-2-17(24)3-6-19/h2-13H,14H2,1H3,(H,28,32). The number of hydrogen-bond acceptors (Lipinski definition) is 7. The summed E-state index contributed by atoms with van der Waals surface area (Å²) in [6.45, 7) is 0. The van der Waals surface area contributed by atoms with Crippen molar-refractivity contribution in [2.45, 2.75) is 5.16 Å². The van der Waals surface area contributed by atoms with Crippen molar-refractivity contribution in [1.29, 1.82) is 0 Å². The van der Waals surface area contributed by atoms with Crippen molar-refractivity contribution in [3.63, 3.8) is 0 Å². The second-order valence-electron chi connectivity index (χ2n) is 6.82. The molecule has 2 aromatic carbocycles. The summed E-state index contributed by atoms with van der Waals surface area (Å²) in [5.74, 6) is 1.15. The molecule has 0 fully saturated rings. The lowest BCUT2D eigenvalue weighted by molar-refractivity contribution is -0.118. The van der Waals surface area contributed by atoms with Crippen LogP contribution in [0.15, 0.2) is 86.2 Å². The smallest absolute Gasteiger partial charge is 0.250 e. The van der Waals surface area contributed by atoms with Crippen LogP contribution >= 0.6 is 43.6 Å². The first kappa shape index (κ1) is 24.1. The van der Waals surface area contributed by atoms with Crippen LogP contribution in [-0.4, -0.2) is 44.7 Å². The van der Waals surface area contributed by atoms with Crippen LogP contribution in [0.4, 0.5) is 0 Å². The number of ether oxygens (including phenoxy) is 1. The summed E-state index contributed by atoms with van der Waals surface area (Å²) in [5, 5.41) is 13.3. The van der Waals surface area contributed by atoms with Crippen LogP contribution in [0.3, 0.4) is 0 Å². The molecule has 1 N–H and O–H groups in total. The van der Waals surface area contributed by atoms with Crippen molar-refractivity contribution >= 4 is 55.7 Å². The Hall–Kier alpha value is -3.02. The monoisotopic (exact) mass is 600 g/mol. The van der Waals surface area contributed by atoms with Crippen molar-refractivity contribution in [3.05, 3.63) is 81.5 Å². The van der Waals surface area contributed by atoms with Gasteiger partial charge < -0.3 is 4.74 Å². The number of carbonyl (C=O) groups excluding carboxylic acids is 1. The number of benzene rings is 2. The first-order chi connectivity index (χ1) is 16.5. The summed E-state index contributed by atoms with van der Waals surface area (Å²) in [6.07, 6.45) is 4.95. The van der Waals surface area contributed by atoms with Gasteiger partial charge in [-0.1, -0.05) is 43.6 Å². The molecule has 34 heavy (non-hydrogen) atoms. The van der Waals surface area contributed by atoms with Crippen molar-refractivity contribution in [2.24, 2.45) is 5.10 Å². The third-order valence-corrected chi connectivity index (χ3v) is 6.52. The van der Waals surface area contributed by atoms with E-state index in [1.807, 2.05) is 59.2 Å². The maximum atomic E-state index is 12.4. The number of nitrogens with one attached hydrogen (secondary N) is 1. The van der Waals surface area contributed by atoms with Crippen LogP contribution in [-0.2, 0) is 4.79 Å². The molecular weight excluding hydrogens is 584 g/mol. The number of nitrogens with zero attached hydrogens (tertiary/aromatic N) is 5. The summed E-state index contributed by atoms with van der Waals surface area (Å²) in [7, 11) is 1.58. The Labute approximate surface area is 217 Å². The number of hydrogen-bond donors (Lipinski definition) is 1. The normalized spacial score (nSPS) is 11.0. The molecule has 0 atom stereocenters. The van der Waals surface area contributed by atoms with Crippen LogP contribution in [0.5, 0.6) is 5.75 Å². The Balaban J connectivity index is 1.50. The summed E-state index contributed by atoms with van der Waals surface area (Å²) < 4.78 is 9.07. The van der Waals surface area contributed by atoms with Crippen molar-refractivity contribution in [3.8, 4) is 22.8 Å². The van der Waals surface area contributed by atoms with E-state index in [-0.39, 0.29) is 11.7 Å². The number of pyridine rings is 1. The first-order valence-electron chi connectivity index (χ1n) is 9.95. The predicted molar refractivity (Wildman–Crippen MR) is 139 cm³/mol. The lowest BCUT2D eigenvalue weighted by Crippen LogP contribution is -2.20. The van der Waals surface area contributed by atoms with E-state index in [4.69, 9.17) is 4.74 Å². The molecule has 0 aliphatic carbocycles. The molecule has 11 heteroatoms. The zero-order chi connectivity index (χ0) is 23.9. The zero-order valence-electron chi connectivity index (χ0n) is 17.9. The van der Waals surface area contributed by atoms with Gasteiger partial charge >= 0.3 is 0 Å². The Morgan fingerprint density at radius 3 is 2.56 bits per heavy atom. The average Bonchev–Trinajstić information content (AvgIpc) is 3.28. The molecule has 2 heterocycles. The minimum atomic E-state index is -0.272. The number of thioether (sulfide) groups is 1. The van der Waals surface area contributed by atoms with Crippen molar-refractivity contribution in [2.75, 3.05) is 12.9 Å². The van der Waals surface area contributed by atoms with E-state index in [0.717, 1.165) is 25.8 Å². The fourth-order valence-corrected chi connectivity index (χ4v) is 4.40. The molecule has 0 aliphatic rings. The second-order valence-corrected chi connectivity index (χ2v) is 9.60. The highest BCUT2D eigenvalue weighted by Gasteiger charge is 2.17. The van der Waals surface area contributed by atoms with Crippen LogP contribution in [0.1, 0.15) is 5.56 Å². The number of aromatic nitrogens is 4. The Kier molecular flexibility index (Phi) is 8.09. The minimum absolute atomic E-state index is 0.109. The topological polar surface area (TPSA) is 94.3 Å². The number of halogens is 2. The van der Waals surface area contributed by atoms with E-state index in [1.54, 1.807) is 19.5 Å². The summed E-state index contributed by atoms with van der Waals surface area (Å²) in [4.78, 5) is 16.5. The van der Waals surface area contributed by atoms with Gasteiger partial charge in [-0.15, -0.1) is 10.2 Å². The number of amides is 1. The number of methoxy groups -OCH3 is 1. The largest absolute Gasteiger partial charge is 0.496 e. The molecule has 0 radical (unpaired) electrons. The number of carbonyl (C=O) groups is 1. The zero-order valence-corrected chi connectivity index (χ0v) is 21.8. The van der Waals surface area contributed by atoms with E-state index < -0.39 is 0 Å². The van der Waals surface area contributed by atoms with Gasteiger partial charge in [0.25, 0.3) is 5.91 Å². The molecule has 0 bridgehead atoms. The lowest BCUT2D eigenvalue weighted by atomic mass is 10.2. The van der Waals surface area contributed by atoms with Crippen LogP contribution < -0.4 is 10.2 Å². The van der Waals surface area contributed by atoms with Crippen molar-refractivity contribution in [1.82, 2.24) is 25.2 Å². The van der Waals surface area contributed by atoms with E-state index in [1.165, 1.54) is 18.0 Å². The summed E-state index contributed by atoms with van der Waals surface area (Å²) in [6, 6.07) is 17.1. The van der Waals surface area contributed by atoms with Gasteiger partial charge in [0, 0.05) is 38.2 Å². The Morgan fingerprint density at radius 1 is 1.09 bits per heavy atom. The van der Waals surface area contributed by atoms with E-state index in [2.05, 4.69) is 57.6 Å². The van der Waals surface area contributed by atoms with Gasteiger partial charge in [0.15, 0.2) is 11.0 Å². The molecule has 0 saturated heterocycles. The molecule has 0 saturated carbocycles. The quantitative estimate of drug-likeness (QED) is 0.171. The minimum Gasteiger partial charge on any atom is -0.496 e. The molecular formula is C23H18Br2N6O2S. The molecule has 0 unspecified atom stereocenters. The van der Waals surface area contributed by atoms with Gasteiger partial charge in [0.05, 0.1) is 19.1 Å². The van der Waals surface area contributed by atoms with Gasteiger partial charge in [-0.3, -0.25) is 14.3 Å². The van der Waals surface area contributed by atoms with Crippen LogP contribution in [0.2, 0.25) is 0 Å². The second kappa shape index (κ2) is 11.4. The maximum Gasteiger partial charge on any atom is 0.250 e. The summed E-state index contributed by atoms with van der Waals surface area (Å²) in [5.41, 5.74) is 5.03. The van der Waals surface area contributed by atoms with Gasteiger partial charge in [-0.2, -0.15) is 5.10 Å². The first-order valence-corrected chi connectivity index (χ1v) is 12.5. The van der Waals surface area contributed by atoms with E-state index in [9.17, 15) is 4.79 Å². The summed E-state index contributed by atoms with van der Waals surface area (Å²) >= 11 is 8.15. The molecule has 4 aromatic rings. The van der Waals surface area contributed by atoms with E-state index in [0.29, 0.717) is 16.7 Å². The highest BCUT2D eigenvalue weighted by molar-refractivity contribution is 9.10. The molecule has 8 nitrogen and oxygen atoms in total. The third kappa shape index (κ3) is 5.91. The van der Waals surface area contributed by atoms with Crippen molar-refractivity contribution < 1.29 is 9.53 Å². The fourth-order valence-electron chi connectivity index (χ4n) is 3.02. The number of hydrazone groups is 1. The highest BCUT2D eigenvalue weighted by Crippen LogP contribution is 2.28. The molecule has 2 aromatic heterocycles. The molecule has 4 rings (SSSR count). The Bertz CT molecular complexity index is 1310. The molecule has 0 aliphatic heterocycles.